The third-order valence-corrected chi connectivity index (χ3v) is 6.10. The lowest BCUT2D eigenvalue weighted by atomic mass is 10.1. The van der Waals surface area contributed by atoms with Gasteiger partial charge in [0.1, 0.15) is 16.4 Å². The molecule has 2 heterocycles. The number of hydrazone groups is 1. The summed E-state index contributed by atoms with van der Waals surface area (Å²) in [4.78, 5) is 24.4. The Balaban J connectivity index is 1.51. The van der Waals surface area contributed by atoms with Crippen LogP contribution in [0.4, 0.5) is 5.82 Å². The van der Waals surface area contributed by atoms with Crippen LogP contribution in [-0.4, -0.2) is 47.2 Å². The highest BCUT2D eigenvalue weighted by Crippen LogP contribution is 2.35. The van der Waals surface area contributed by atoms with Gasteiger partial charge in [-0.3, -0.25) is 10.2 Å². The van der Waals surface area contributed by atoms with E-state index in [2.05, 4.69) is 38.7 Å². The van der Waals surface area contributed by atoms with E-state index in [1.54, 1.807) is 25.4 Å². The number of hydrogen-bond acceptors (Lipinski definition) is 7. The molecule has 0 unspecified atom stereocenters. The summed E-state index contributed by atoms with van der Waals surface area (Å²) < 4.78 is 5.53. The Morgan fingerprint density at radius 2 is 1.82 bits per heavy atom. The minimum absolute atomic E-state index is 0.00957. The van der Waals surface area contributed by atoms with E-state index in [9.17, 15) is 4.79 Å². The van der Waals surface area contributed by atoms with E-state index in [0.717, 1.165) is 31.9 Å². The lowest BCUT2D eigenvalue weighted by molar-refractivity contribution is -0.130. The van der Waals surface area contributed by atoms with E-state index in [1.165, 1.54) is 4.90 Å². The number of fused-ring (bicyclic) bond motifs is 1. The summed E-state index contributed by atoms with van der Waals surface area (Å²) in [6.45, 7) is 3.81. The van der Waals surface area contributed by atoms with Gasteiger partial charge in [-0.1, -0.05) is 30.3 Å². The SMILES string of the molecule is CC(=NNc1nc(C)nc2sc(-c3ccccc3)cc12)c1ccc(OCC(=O)N(C)C)cc1. The molecule has 168 valence electrons. The molecule has 1 N–H and O–H groups in total. The first kappa shape index (κ1) is 22.4. The number of nitrogens with zero attached hydrogens (tertiary/aromatic N) is 4. The van der Waals surface area contributed by atoms with Crippen LogP contribution in [0.15, 0.2) is 65.8 Å². The molecule has 0 radical (unpaired) electrons. The van der Waals surface area contributed by atoms with Gasteiger partial charge in [-0.15, -0.1) is 11.3 Å². The quantitative estimate of drug-likeness (QED) is 0.312. The molecular formula is C25H25N5O2S. The van der Waals surface area contributed by atoms with Crippen LogP contribution in [0, 0.1) is 6.92 Å². The summed E-state index contributed by atoms with van der Waals surface area (Å²) in [5.74, 6) is 1.91. The molecule has 0 fully saturated rings. The van der Waals surface area contributed by atoms with Gasteiger partial charge in [-0.25, -0.2) is 9.97 Å². The number of amides is 1. The number of likely N-dealkylation sites (N-methyl/N-ethyl adjacent to an activating group) is 1. The van der Waals surface area contributed by atoms with Crippen molar-refractivity contribution < 1.29 is 9.53 Å². The monoisotopic (exact) mass is 459 g/mol. The highest BCUT2D eigenvalue weighted by atomic mass is 32.1. The molecule has 0 saturated heterocycles. The molecular weight excluding hydrogens is 434 g/mol. The fourth-order valence-electron chi connectivity index (χ4n) is 3.13. The van der Waals surface area contributed by atoms with Crippen LogP contribution >= 0.6 is 11.3 Å². The third-order valence-electron chi connectivity index (χ3n) is 5.03. The largest absolute Gasteiger partial charge is 0.484 e. The first-order valence-electron chi connectivity index (χ1n) is 10.5. The second kappa shape index (κ2) is 9.79. The summed E-state index contributed by atoms with van der Waals surface area (Å²) in [7, 11) is 3.40. The van der Waals surface area contributed by atoms with Crippen molar-refractivity contribution in [1.82, 2.24) is 14.9 Å². The molecule has 0 spiro atoms. The van der Waals surface area contributed by atoms with Crippen LogP contribution in [-0.2, 0) is 4.79 Å². The molecule has 8 heteroatoms. The predicted octanol–water partition coefficient (Wildman–Crippen LogP) is 4.97. The van der Waals surface area contributed by atoms with Crippen LogP contribution in [0.1, 0.15) is 18.3 Å². The molecule has 33 heavy (non-hydrogen) atoms. The van der Waals surface area contributed by atoms with Crippen molar-refractivity contribution in [3.05, 3.63) is 72.1 Å². The Labute approximate surface area is 196 Å². The molecule has 0 aliphatic rings. The topological polar surface area (TPSA) is 79.7 Å². The number of aromatic nitrogens is 2. The number of rotatable bonds is 7. The average Bonchev–Trinajstić information content (AvgIpc) is 3.25. The molecule has 2 aromatic heterocycles. The first-order valence-corrected chi connectivity index (χ1v) is 11.3. The number of aryl methyl sites for hydroxylation is 1. The van der Waals surface area contributed by atoms with Gasteiger partial charge >= 0.3 is 0 Å². The van der Waals surface area contributed by atoms with Gasteiger partial charge in [0.25, 0.3) is 5.91 Å². The molecule has 7 nitrogen and oxygen atoms in total. The van der Waals surface area contributed by atoms with Gasteiger partial charge in [0.05, 0.1) is 11.1 Å². The van der Waals surface area contributed by atoms with Crippen molar-refractivity contribution in [3.8, 4) is 16.2 Å². The number of carbonyl (C=O) groups excluding carboxylic acids is 1. The first-order chi connectivity index (χ1) is 15.9. The molecule has 2 aromatic carbocycles. The van der Waals surface area contributed by atoms with Crippen molar-refractivity contribution in [2.75, 3.05) is 26.1 Å². The van der Waals surface area contributed by atoms with Gasteiger partial charge in [0, 0.05) is 19.0 Å². The van der Waals surface area contributed by atoms with Crippen molar-refractivity contribution in [2.45, 2.75) is 13.8 Å². The van der Waals surface area contributed by atoms with Crippen LogP contribution in [0.5, 0.6) is 5.75 Å². The van der Waals surface area contributed by atoms with Gasteiger partial charge in [-0.05, 0) is 55.3 Å². The molecule has 0 atom stereocenters. The summed E-state index contributed by atoms with van der Waals surface area (Å²) in [5, 5.41) is 5.48. The number of hydrogen-bond donors (Lipinski definition) is 1. The maximum atomic E-state index is 11.7. The van der Waals surface area contributed by atoms with Crippen molar-refractivity contribution >= 4 is 39.0 Å². The zero-order chi connectivity index (χ0) is 23.4. The lowest BCUT2D eigenvalue weighted by Crippen LogP contribution is -2.27. The molecule has 1 amide bonds. The molecule has 0 bridgehead atoms. The van der Waals surface area contributed by atoms with E-state index < -0.39 is 0 Å². The number of carbonyl (C=O) groups is 1. The minimum atomic E-state index is -0.0867. The van der Waals surface area contributed by atoms with Gasteiger partial charge in [0.15, 0.2) is 12.4 Å². The second-order valence-electron chi connectivity index (χ2n) is 7.73. The fraction of sp³-hybridized carbons (Fsp3) is 0.200. The smallest absolute Gasteiger partial charge is 0.259 e. The highest BCUT2D eigenvalue weighted by molar-refractivity contribution is 7.21. The van der Waals surface area contributed by atoms with E-state index in [4.69, 9.17) is 4.74 Å². The minimum Gasteiger partial charge on any atom is -0.484 e. The normalized spacial score (nSPS) is 11.5. The van der Waals surface area contributed by atoms with Gasteiger partial charge < -0.3 is 9.64 Å². The number of thiophene rings is 1. The van der Waals surface area contributed by atoms with E-state index in [-0.39, 0.29) is 12.5 Å². The summed E-state index contributed by atoms with van der Waals surface area (Å²) in [5.41, 5.74) is 6.01. The standard InChI is InChI=1S/C25H25N5O2S/c1-16(18-10-12-20(13-11-18)32-15-23(31)30(3)4)28-29-24-21-14-22(19-8-6-5-7-9-19)33-25(21)27-17(2)26-24/h5-14H,15H2,1-4H3,(H,26,27,29). The summed E-state index contributed by atoms with van der Waals surface area (Å²) in [6.07, 6.45) is 0. The number of anilines is 1. The van der Waals surface area contributed by atoms with Crippen molar-refractivity contribution in [2.24, 2.45) is 5.10 Å². The van der Waals surface area contributed by atoms with Gasteiger partial charge in [0.2, 0.25) is 0 Å². The molecule has 0 aliphatic heterocycles. The summed E-state index contributed by atoms with van der Waals surface area (Å²) >= 11 is 1.64. The zero-order valence-corrected chi connectivity index (χ0v) is 19.8. The van der Waals surface area contributed by atoms with Crippen molar-refractivity contribution in [1.29, 1.82) is 0 Å². The average molecular weight is 460 g/mol. The van der Waals surface area contributed by atoms with Crippen LogP contribution in [0.3, 0.4) is 0 Å². The fourth-order valence-corrected chi connectivity index (χ4v) is 4.21. The maximum Gasteiger partial charge on any atom is 0.259 e. The highest BCUT2D eigenvalue weighted by Gasteiger charge is 2.12. The van der Waals surface area contributed by atoms with E-state index in [0.29, 0.717) is 17.4 Å². The Bertz CT molecular complexity index is 1300. The molecule has 0 aliphatic carbocycles. The zero-order valence-electron chi connectivity index (χ0n) is 19.0. The predicted molar refractivity (Wildman–Crippen MR) is 134 cm³/mol. The van der Waals surface area contributed by atoms with E-state index >= 15 is 0 Å². The summed E-state index contributed by atoms with van der Waals surface area (Å²) in [6, 6.07) is 19.8. The number of nitrogens with one attached hydrogen (secondary N) is 1. The molecule has 4 aromatic rings. The maximum absolute atomic E-state index is 11.7. The number of ether oxygens (including phenoxy) is 1. The Morgan fingerprint density at radius 1 is 1.09 bits per heavy atom. The number of benzene rings is 2. The Kier molecular flexibility index (Phi) is 6.65. The lowest BCUT2D eigenvalue weighted by Gasteiger charge is -2.11. The van der Waals surface area contributed by atoms with Crippen LogP contribution in [0.25, 0.3) is 20.7 Å². The Morgan fingerprint density at radius 3 is 2.52 bits per heavy atom. The second-order valence-corrected chi connectivity index (χ2v) is 8.76. The van der Waals surface area contributed by atoms with Crippen molar-refractivity contribution in [3.63, 3.8) is 0 Å². The van der Waals surface area contributed by atoms with E-state index in [1.807, 2.05) is 56.3 Å². The van der Waals surface area contributed by atoms with Crippen LogP contribution < -0.4 is 10.2 Å². The van der Waals surface area contributed by atoms with Gasteiger partial charge in [-0.2, -0.15) is 5.10 Å². The third kappa shape index (κ3) is 5.35. The molecule has 0 saturated carbocycles. The Hall–Kier alpha value is -3.78. The van der Waals surface area contributed by atoms with Crippen LogP contribution in [0.2, 0.25) is 0 Å². The molecule has 4 rings (SSSR count).